The Morgan fingerprint density at radius 2 is 1.64 bits per heavy atom. The molecule has 0 fully saturated rings. The zero-order valence-corrected chi connectivity index (χ0v) is 13.8. The van der Waals surface area contributed by atoms with Crippen LogP contribution in [-0.4, -0.2) is 10.9 Å². The van der Waals surface area contributed by atoms with E-state index in [1.807, 2.05) is 63.2 Å². The van der Waals surface area contributed by atoms with E-state index in [-0.39, 0.29) is 16.9 Å². The molecule has 4 heteroatoms. The third kappa shape index (κ3) is 4.40. The minimum absolute atomic E-state index is 0.0151. The third-order valence-electron chi connectivity index (χ3n) is 3.33. The van der Waals surface area contributed by atoms with Crippen molar-refractivity contribution in [1.82, 2.24) is 5.32 Å². The van der Waals surface area contributed by atoms with Crippen LogP contribution in [-0.2, 0) is 4.79 Å². The minimum atomic E-state index is -0.289. The van der Waals surface area contributed by atoms with Crippen LogP contribution in [0.3, 0.4) is 0 Å². The second-order valence-corrected chi connectivity index (χ2v) is 5.84. The van der Waals surface area contributed by atoms with Crippen molar-refractivity contribution < 1.29 is 4.79 Å². The monoisotopic (exact) mass is 312 g/mol. The Morgan fingerprint density at radius 1 is 1.05 bits per heavy atom. The van der Waals surface area contributed by atoms with Gasteiger partial charge in [0.1, 0.15) is 0 Å². The third-order valence-corrected chi connectivity index (χ3v) is 3.64. The van der Waals surface area contributed by atoms with Gasteiger partial charge in [-0.05, 0) is 49.6 Å². The van der Waals surface area contributed by atoms with Crippen LogP contribution in [0.15, 0.2) is 48.5 Å². The largest absolute Gasteiger partial charge is 0.365 e. The summed E-state index contributed by atoms with van der Waals surface area (Å²) in [5, 5.41) is 5.90. The zero-order valence-electron chi connectivity index (χ0n) is 13.0. The quantitative estimate of drug-likeness (QED) is 0.844. The lowest BCUT2D eigenvalue weighted by Gasteiger charge is -2.16. The highest BCUT2D eigenvalue weighted by atomic mass is 32.1. The van der Waals surface area contributed by atoms with E-state index < -0.39 is 0 Å². The molecule has 22 heavy (non-hydrogen) atoms. The number of hydrogen-bond acceptors (Lipinski definition) is 2. The molecule has 0 aliphatic heterocycles. The Kier molecular flexibility index (Phi) is 5.28. The van der Waals surface area contributed by atoms with E-state index in [1.54, 1.807) is 0 Å². The fraction of sp³-hybridized carbons (Fsp3) is 0.222. The lowest BCUT2D eigenvalue weighted by molar-refractivity contribution is -0.110. The lowest BCUT2D eigenvalue weighted by atomic mass is 10.1. The summed E-state index contributed by atoms with van der Waals surface area (Å²) < 4.78 is 0. The molecule has 0 aliphatic carbocycles. The van der Waals surface area contributed by atoms with Crippen LogP contribution in [0.5, 0.6) is 0 Å². The number of nitrogens with one attached hydrogen (secondary N) is 2. The van der Waals surface area contributed by atoms with Gasteiger partial charge in [0.2, 0.25) is 0 Å². The summed E-state index contributed by atoms with van der Waals surface area (Å²) in [5.41, 5.74) is 4.06. The van der Waals surface area contributed by atoms with Crippen LogP contribution in [0, 0.1) is 13.8 Å². The first kappa shape index (κ1) is 16.2. The molecule has 0 saturated carbocycles. The van der Waals surface area contributed by atoms with Crippen molar-refractivity contribution in [1.29, 1.82) is 0 Å². The molecule has 0 saturated heterocycles. The summed E-state index contributed by atoms with van der Waals surface area (Å²) in [6.45, 7) is 5.97. The molecule has 0 aliphatic rings. The highest BCUT2D eigenvalue weighted by molar-refractivity contribution is 7.82. The predicted molar refractivity (Wildman–Crippen MR) is 95.1 cm³/mol. The Balaban J connectivity index is 1.99. The highest BCUT2D eigenvalue weighted by Crippen LogP contribution is 2.14. The van der Waals surface area contributed by atoms with Gasteiger partial charge in [-0.1, -0.05) is 48.6 Å². The molecule has 1 atom stereocenters. The molecule has 1 unspecified atom stereocenters. The first-order valence-electron chi connectivity index (χ1n) is 7.21. The smallest absolute Gasteiger partial charge is 0.283 e. The summed E-state index contributed by atoms with van der Waals surface area (Å²) in [6, 6.07) is 15.8. The van der Waals surface area contributed by atoms with Gasteiger partial charge in [0.05, 0.1) is 0 Å². The fourth-order valence-corrected chi connectivity index (χ4v) is 2.55. The molecule has 0 aromatic heterocycles. The van der Waals surface area contributed by atoms with Gasteiger partial charge in [-0.3, -0.25) is 4.79 Å². The van der Waals surface area contributed by atoms with E-state index in [9.17, 15) is 4.79 Å². The minimum Gasteiger partial charge on any atom is -0.365 e. The number of rotatable bonds is 3. The number of thiocarbonyl (C=S) groups is 1. The SMILES string of the molecule is Cc1cc(C)cc(NC(=O)C(=S)NC(C)c2ccccc2)c1. The number of anilines is 1. The maximum atomic E-state index is 12.2. The molecule has 0 spiro atoms. The maximum Gasteiger partial charge on any atom is 0.283 e. The van der Waals surface area contributed by atoms with Crippen LogP contribution in [0.4, 0.5) is 5.69 Å². The molecule has 3 nitrogen and oxygen atoms in total. The van der Waals surface area contributed by atoms with Crippen LogP contribution >= 0.6 is 12.2 Å². The Hall–Kier alpha value is -2.20. The first-order chi connectivity index (χ1) is 10.5. The number of hydrogen-bond donors (Lipinski definition) is 2. The summed E-state index contributed by atoms with van der Waals surface area (Å²) >= 11 is 5.19. The van der Waals surface area contributed by atoms with Crippen molar-refractivity contribution in [3.63, 3.8) is 0 Å². The van der Waals surface area contributed by atoms with Crippen molar-refractivity contribution in [3.8, 4) is 0 Å². The Labute approximate surface area is 136 Å². The average molecular weight is 312 g/mol. The number of benzene rings is 2. The summed E-state index contributed by atoms with van der Waals surface area (Å²) in [6.07, 6.45) is 0. The van der Waals surface area contributed by atoms with E-state index in [2.05, 4.69) is 16.7 Å². The first-order valence-corrected chi connectivity index (χ1v) is 7.61. The molecule has 2 rings (SSSR count). The maximum absolute atomic E-state index is 12.2. The van der Waals surface area contributed by atoms with Crippen molar-refractivity contribution >= 4 is 28.8 Å². The Bertz CT molecular complexity index is 662. The zero-order chi connectivity index (χ0) is 16.1. The van der Waals surface area contributed by atoms with Crippen molar-refractivity contribution in [2.75, 3.05) is 5.32 Å². The molecule has 0 radical (unpaired) electrons. The molecular formula is C18H20N2OS. The number of carbonyl (C=O) groups excluding carboxylic acids is 1. The predicted octanol–water partition coefficient (Wildman–Crippen LogP) is 3.92. The molecule has 114 valence electrons. The molecule has 0 heterocycles. The van der Waals surface area contributed by atoms with Gasteiger partial charge in [0.15, 0.2) is 4.99 Å². The molecule has 0 bridgehead atoms. The van der Waals surface area contributed by atoms with Gasteiger partial charge >= 0.3 is 0 Å². The summed E-state index contributed by atoms with van der Waals surface area (Å²) in [7, 11) is 0. The second kappa shape index (κ2) is 7.18. The molecule has 2 aromatic carbocycles. The number of amides is 1. The van der Waals surface area contributed by atoms with E-state index in [0.717, 1.165) is 22.4 Å². The highest BCUT2D eigenvalue weighted by Gasteiger charge is 2.13. The molecule has 2 aromatic rings. The fourth-order valence-electron chi connectivity index (χ4n) is 2.32. The van der Waals surface area contributed by atoms with Crippen molar-refractivity contribution in [2.45, 2.75) is 26.8 Å². The van der Waals surface area contributed by atoms with Gasteiger partial charge in [-0.25, -0.2) is 0 Å². The van der Waals surface area contributed by atoms with Gasteiger partial charge in [-0.2, -0.15) is 0 Å². The lowest BCUT2D eigenvalue weighted by Crippen LogP contribution is -2.35. The van der Waals surface area contributed by atoms with E-state index >= 15 is 0 Å². The molecular weight excluding hydrogens is 292 g/mol. The molecule has 2 N–H and O–H groups in total. The summed E-state index contributed by atoms with van der Waals surface area (Å²) in [4.78, 5) is 12.4. The number of aryl methyl sites for hydroxylation is 2. The standard InChI is InChI=1S/C18H20N2OS/c1-12-9-13(2)11-16(10-12)20-17(21)18(22)19-14(3)15-7-5-4-6-8-15/h4-11,14H,1-3H3,(H,19,22)(H,20,21). The van der Waals surface area contributed by atoms with Crippen molar-refractivity contribution in [3.05, 3.63) is 65.2 Å². The van der Waals surface area contributed by atoms with Crippen LogP contribution in [0.25, 0.3) is 0 Å². The van der Waals surface area contributed by atoms with Gasteiger partial charge in [-0.15, -0.1) is 0 Å². The van der Waals surface area contributed by atoms with Crippen LogP contribution < -0.4 is 10.6 Å². The van der Waals surface area contributed by atoms with Crippen LogP contribution in [0.1, 0.15) is 29.7 Å². The van der Waals surface area contributed by atoms with E-state index in [4.69, 9.17) is 12.2 Å². The average Bonchev–Trinajstić information content (AvgIpc) is 2.46. The Morgan fingerprint density at radius 3 is 2.23 bits per heavy atom. The number of carbonyl (C=O) groups is 1. The molecule has 1 amide bonds. The van der Waals surface area contributed by atoms with Gasteiger partial charge in [0, 0.05) is 11.7 Å². The van der Waals surface area contributed by atoms with Gasteiger partial charge < -0.3 is 10.6 Å². The topological polar surface area (TPSA) is 41.1 Å². The van der Waals surface area contributed by atoms with Gasteiger partial charge in [0.25, 0.3) is 5.91 Å². The van der Waals surface area contributed by atoms with Crippen LogP contribution in [0.2, 0.25) is 0 Å². The summed E-state index contributed by atoms with van der Waals surface area (Å²) in [5.74, 6) is -0.289. The second-order valence-electron chi connectivity index (χ2n) is 5.44. The van der Waals surface area contributed by atoms with E-state index in [0.29, 0.717) is 0 Å². The van der Waals surface area contributed by atoms with E-state index in [1.165, 1.54) is 0 Å². The normalized spacial score (nSPS) is 11.6. The van der Waals surface area contributed by atoms with Crippen molar-refractivity contribution in [2.24, 2.45) is 0 Å².